The molecule has 2 aromatic rings. The number of aromatic nitrogens is 2. The minimum absolute atomic E-state index is 0.743. The van der Waals surface area contributed by atoms with E-state index >= 15 is 0 Å². The van der Waals surface area contributed by atoms with E-state index in [4.69, 9.17) is 4.42 Å². The number of nitrogens with zero attached hydrogens (tertiary/aromatic N) is 2. The van der Waals surface area contributed by atoms with Gasteiger partial charge in [0.15, 0.2) is 0 Å². The molecule has 0 unspecified atom stereocenters. The molecular weight excluding hydrogens is 214 g/mol. The zero-order chi connectivity index (χ0) is 12.1. The average molecular weight is 233 g/mol. The molecule has 0 fully saturated rings. The molecule has 0 aliphatic carbocycles. The molecule has 92 valence electrons. The van der Waals surface area contributed by atoms with E-state index < -0.39 is 0 Å². The molecule has 0 aliphatic heterocycles. The zero-order valence-corrected chi connectivity index (χ0v) is 10.4. The molecular formula is C13H19N3O. The number of nitrogens with one attached hydrogen (secondary N) is 1. The van der Waals surface area contributed by atoms with E-state index in [1.54, 1.807) is 0 Å². The van der Waals surface area contributed by atoms with Gasteiger partial charge in [-0.05, 0) is 25.5 Å². The van der Waals surface area contributed by atoms with Crippen LogP contribution in [0, 0.1) is 6.92 Å². The van der Waals surface area contributed by atoms with Crippen LogP contribution in [-0.2, 0) is 19.6 Å². The van der Waals surface area contributed by atoms with E-state index in [0.717, 1.165) is 43.4 Å². The number of rotatable bonds is 6. The lowest BCUT2D eigenvalue weighted by atomic mass is 10.4. The SMILES string of the molecule is CCCn1ccnc1CNCc1ccc(C)o1. The molecule has 2 aromatic heterocycles. The highest BCUT2D eigenvalue weighted by molar-refractivity contribution is 5.05. The van der Waals surface area contributed by atoms with Gasteiger partial charge in [-0.3, -0.25) is 0 Å². The van der Waals surface area contributed by atoms with Gasteiger partial charge in [-0.15, -0.1) is 0 Å². The Morgan fingerprint density at radius 1 is 1.35 bits per heavy atom. The average Bonchev–Trinajstić information content (AvgIpc) is 2.90. The van der Waals surface area contributed by atoms with Crippen LogP contribution in [0.3, 0.4) is 0 Å². The van der Waals surface area contributed by atoms with E-state index in [0.29, 0.717) is 0 Å². The van der Waals surface area contributed by atoms with Crippen LogP contribution < -0.4 is 5.32 Å². The highest BCUT2D eigenvalue weighted by atomic mass is 16.3. The lowest BCUT2D eigenvalue weighted by molar-refractivity contribution is 0.457. The fraction of sp³-hybridized carbons (Fsp3) is 0.462. The Morgan fingerprint density at radius 3 is 2.94 bits per heavy atom. The molecule has 4 nitrogen and oxygen atoms in total. The standard InChI is InChI=1S/C13H19N3O/c1-3-7-16-8-6-15-13(16)10-14-9-12-5-4-11(2)17-12/h4-6,8,14H,3,7,9-10H2,1-2H3. The Bertz CT molecular complexity index is 459. The van der Waals surface area contributed by atoms with E-state index in [2.05, 4.69) is 21.8 Å². The van der Waals surface area contributed by atoms with E-state index in [-0.39, 0.29) is 0 Å². The van der Waals surface area contributed by atoms with Gasteiger partial charge in [0.1, 0.15) is 17.3 Å². The van der Waals surface area contributed by atoms with Crippen LogP contribution in [0.5, 0.6) is 0 Å². The molecule has 1 N–H and O–H groups in total. The molecule has 0 bridgehead atoms. The summed E-state index contributed by atoms with van der Waals surface area (Å²) < 4.78 is 7.67. The number of imidazole rings is 1. The third-order valence-corrected chi connectivity index (χ3v) is 2.64. The predicted molar refractivity (Wildman–Crippen MR) is 66.5 cm³/mol. The summed E-state index contributed by atoms with van der Waals surface area (Å²) in [6.45, 7) is 6.66. The van der Waals surface area contributed by atoms with Crippen molar-refractivity contribution in [1.82, 2.24) is 14.9 Å². The maximum atomic E-state index is 5.49. The van der Waals surface area contributed by atoms with Gasteiger partial charge in [-0.1, -0.05) is 6.92 Å². The zero-order valence-electron chi connectivity index (χ0n) is 10.4. The molecule has 0 atom stereocenters. The van der Waals surface area contributed by atoms with Gasteiger partial charge in [0.25, 0.3) is 0 Å². The Labute approximate surface area is 102 Å². The normalized spacial score (nSPS) is 10.9. The van der Waals surface area contributed by atoms with Crippen molar-refractivity contribution in [2.24, 2.45) is 0 Å². The number of hydrogen-bond donors (Lipinski definition) is 1. The lowest BCUT2D eigenvalue weighted by Gasteiger charge is -2.06. The molecule has 17 heavy (non-hydrogen) atoms. The second-order valence-electron chi connectivity index (χ2n) is 4.15. The summed E-state index contributed by atoms with van der Waals surface area (Å²) in [5.41, 5.74) is 0. The van der Waals surface area contributed by atoms with Crippen LogP contribution in [-0.4, -0.2) is 9.55 Å². The topological polar surface area (TPSA) is 43.0 Å². The monoisotopic (exact) mass is 233 g/mol. The molecule has 0 saturated heterocycles. The maximum Gasteiger partial charge on any atom is 0.122 e. The Morgan fingerprint density at radius 2 is 2.24 bits per heavy atom. The van der Waals surface area contributed by atoms with Crippen LogP contribution >= 0.6 is 0 Å². The number of furan rings is 1. The Balaban J connectivity index is 1.83. The Kier molecular flexibility index (Phi) is 3.98. The summed E-state index contributed by atoms with van der Waals surface area (Å²) in [6.07, 6.45) is 5.00. The summed E-state index contributed by atoms with van der Waals surface area (Å²) in [4.78, 5) is 4.34. The van der Waals surface area contributed by atoms with E-state index in [1.165, 1.54) is 0 Å². The molecule has 0 amide bonds. The molecule has 0 saturated carbocycles. The fourth-order valence-electron chi connectivity index (χ4n) is 1.83. The summed E-state index contributed by atoms with van der Waals surface area (Å²) in [6, 6.07) is 3.98. The van der Waals surface area contributed by atoms with Gasteiger partial charge in [0.2, 0.25) is 0 Å². The second kappa shape index (κ2) is 5.68. The molecule has 0 aliphatic rings. The maximum absolute atomic E-state index is 5.49. The van der Waals surface area contributed by atoms with Crippen molar-refractivity contribution in [2.45, 2.75) is 39.9 Å². The first-order chi connectivity index (χ1) is 8.29. The molecule has 2 heterocycles. The van der Waals surface area contributed by atoms with E-state index in [9.17, 15) is 0 Å². The third-order valence-electron chi connectivity index (χ3n) is 2.64. The number of hydrogen-bond acceptors (Lipinski definition) is 3. The molecule has 0 spiro atoms. The largest absolute Gasteiger partial charge is 0.465 e. The molecule has 4 heteroatoms. The highest BCUT2D eigenvalue weighted by Gasteiger charge is 2.02. The highest BCUT2D eigenvalue weighted by Crippen LogP contribution is 2.06. The third kappa shape index (κ3) is 3.20. The van der Waals surface area contributed by atoms with Gasteiger partial charge >= 0.3 is 0 Å². The molecule has 0 aromatic carbocycles. The van der Waals surface area contributed by atoms with Gasteiger partial charge in [-0.25, -0.2) is 4.98 Å². The van der Waals surface area contributed by atoms with Crippen molar-refractivity contribution >= 4 is 0 Å². The first kappa shape index (κ1) is 11.9. The van der Waals surface area contributed by atoms with Crippen LogP contribution in [0.2, 0.25) is 0 Å². The van der Waals surface area contributed by atoms with Gasteiger partial charge in [0.05, 0.1) is 13.1 Å². The van der Waals surface area contributed by atoms with Crippen molar-refractivity contribution in [3.8, 4) is 0 Å². The fourth-order valence-corrected chi connectivity index (χ4v) is 1.83. The lowest BCUT2D eigenvalue weighted by Crippen LogP contribution is -2.16. The van der Waals surface area contributed by atoms with Crippen molar-refractivity contribution in [2.75, 3.05) is 0 Å². The molecule has 2 rings (SSSR count). The minimum atomic E-state index is 0.743. The van der Waals surface area contributed by atoms with Crippen molar-refractivity contribution < 1.29 is 4.42 Å². The molecule has 0 radical (unpaired) electrons. The van der Waals surface area contributed by atoms with Gasteiger partial charge < -0.3 is 14.3 Å². The van der Waals surface area contributed by atoms with Crippen molar-refractivity contribution in [3.63, 3.8) is 0 Å². The first-order valence-corrected chi connectivity index (χ1v) is 6.05. The second-order valence-corrected chi connectivity index (χ2v) is 4.15. The summed E-state index contributed by atoms with van der Waals surface area (Å²) in [5, 5.41) is 3.34. The minimum Gasteiger partial charge on any atom is -0.465 e. The van der Waals surface area contributed by atoms with Crippen molar-refractivity contribution in [3.05, 3.63) is 41.9 Å². The predicted octanol–water partition coefficient (Wildman–Crippen LogP) is 2.48. The van der Waals surface area contributed by atoms with Crippen LogP contribution in [0.1, 0.15) is 30.7 Å². The van der Waals surface area contributed by atoms with Crippen molar-refractivity contribution in [1.29, 1.82) is 0 Å². The van der Waals surface area contributed by atoms with Crippen LogP contribution in [0.25, 0.3) is 0 Å². The summed E-state index contributed by atoms with van der Waals surface area (Å²) >= 11 is 0. The first-order valence-electron chi connectivity index (χ1n) is 6.05. The number of aryl methyl sites for hydroxylation is 2. The quantitative estimate of drug-likeness (QED) is 0.833. The van der Waals surface area contributed by atoms with Gasteiger partial charge in [0, 0.05) is 18.9 Å². The van der Waals surface area contributed by atoms with E-state index in [1.807, 2.05) is 31.5 Å². The smallest absolute Gasteiger partial charge is 0.122 e. The summed E-state index contributed by atoms with van der Waals surface area (Å²) in [5.74, 6) is 3.00. The van der Waals surface area contributed by atoms with Crippen LogP contribution in [0.15, 0.2) is 28.9 Å². The Hall–Kier alpha value is -1.55. The van der Waals surface area contributed by atoms with Crippen LogP contribution in [0.4, 0.5) is 0 Å². The van der Waals surface area contributed by atoms with Gasteiger partial charge in [-0.2, -0.15) is 0 Å². The summed E-state index contributed by atoms with van der Waals surface area (Å²) in [7, 11) is 0.